The van der Waals surface area contributed by atoms with Crippen LogP contribution in [0.15, 0.2) is 48.5 Å². The van der Waals surface area contributed by atoms with Crippen LogP contribution in [0.2, 0.25) is 0 Å². The van der Waals surface area contributed by atoms with Crippen LogP contribution in [0, 0.1) is 26.3 Å². The predicted molar refractivity (Wildman–Crippen MR) is 131 cm³/mol. The summed E-state index contributed by atoms with van der Waals surface area (Å²) in [6, 6.07) is 15.3. The van der Waals surface area contributed by atoms with Gasteiger partial charge in [0, 0.05) is 12.6 Å². The molecule has 0 saturated carbocycles. The first-order valence-corrected chi connectivity index (χ1v) is 11.1. The van der Waals surface area contributed by atoms with Crippen molar-refractivity contribution in [2.75, 3.05) is 0 Å². The van der Waals surface area contributed by atoms with Crippen LogP contribution in [-0.2, 0) is 20.9 Å². The van der Waals surface area contributed by atoms with Gasteiger partial charge in [0.25, 0.3) is 5.91 Å². The monoisotopic (exact) mass is 463 g/mol. The van der Waals surface area contributed by atoms with Gasteiger partial charge in [0.2, 0.25) is 5.91 Å². The smallest absolute Gasteiger partial charge is 0.408 e. The van der Waals surface area contributed by atoms with Crippen molar-refractivity contribution in [1.29, 1.82) is 0 Å². The lowest BCUT2D eigenvalue weighted by Gasteiger charge is -2.30. The van der Waals surface area contributed by atoms with Gasteiger partial charge in [-0.2, -0.15) is 0 Å². The van der Waals surface area contributed by atoms with E-state index >= 15 is 0 Å². The Morgan fingerprint density at radius 3 is 2.29 bits per heavy atom. The number of terminal acetylenes is 1. The highest BCUT2D eigenvalue weighted by Crippen LogP contribution is 2.26. The van der Waals surface area contributed by atoms with Gasteiger partial charge in [0.05, 0.1) is 0 Å². The SMILES string of the molecule is C#CN(C(=O)C(C)NC(=O)OC(C)(C)C)C(C(=O)NCc1ccccc1)c1ccc(C)cc1C. The second-order valence-electron chi connectivity index (χ2n) is 9.17. The number of carbonyl (C=O) groups is 3. The number of amides is 3. The van der Waals surface area contributed by atoms with Crippen LogP contribution in [0.4, 0.5) is 4.79 Å². The third kappa shape index (κ3) is 7.38. The van der Waals surface area contributed by atoms with Gasteiger partial charge >= 0.3 is 6.09 Å². The minimum Gasteiger partial charge on any atom is -0.444 e. The van der Waals surface area contributed by atoms with Gasteiger partial charge in [-0.05, 0) is 58.2 Å². The lowest BCUT2D eigenvalue weighted by molar-refractivity contribution is -0.138. The van der Waals surface area contributed by atoms with E-state index in [0.717, 1.165) is 21.6 Å². The molecule has 0 aromatic heterocycles. The molecule has 3 amide bonds. The van der Waals surface area contributed by atoms with Crippen molar-refractivity contribution in [3.63, 3.8) is 0 Å². The van der Waals surface area contributed by atoms with E-state index in [4.69, 9.17) is 11.2 Å². The summed E-state index contributed by atoms with van der Waals surface area (Å²) < 4.78 is 5.23. The number of nitrogens with zero attached hydrogens (tertiary/aromatic N) is 1. The molecule has 0 bridgehead atoms. The molecule has 2 aromatic carbocycles. The highest BCUT2D eigenvalue weighted by Gasteiger charge is 2.35. The molecule has 0 spiro atoms. The molecule has 180 valence electrons. The lowest BCUT2D eigenvalue weighted by Crippen LogP contribution is -2.50. The maximum Gasteiger partial charge on any atom is 0.408 e. The summed E-state index contributed by atoms with van der Waals surface area (Å²) in [7, 11) is 0. The fraction of sp³-hybridized carbons (Fsp3) is 0.370. The molecule has 0 heterocycles. The predicted octanol–water partition coefficient (Wildman–Crippen LogP) is 3.99. The molecule has 2 N–H and O–H groups in total. The minimum absolute atomic E-state index is 0.277. The van der Waals surface area contributed by atoms with Gasteiger partial charge < -0.3 is 15.4 Å². The summed E-state index contributed by atoms with van der Waals surface area (Å²) in [5.41, 5.74) is 2.63. The van der Waals surface area contributed by atoms with Gasteiger partial charge in [0.1, 0.15) is 17.7 Å². The van der Waals surface area contributed by atoms with Gasteiger partial charge in [-0.1, -0.05) is 60.5 Å². The van der Waals surface area contributed by atoms with Crippen molar-refractivity contribution in [3.8, 4) is 12.5 Å². The quantitative estimate of drug-likeness (QED) is 0.480. The number of rotatable bonds is 7. The van der Waals surface area contributed by atoms with Crippen molar-refractivity contribution < 1.29 is 19.1 Å². The third-order valence-electron chi connectivity index (χ3n) is 5.02. The van der Waals surface area contributed by atoms with E-state index in [-0.39, 0.29) is 6.54 Å². The van der Waals surface area contributed by atoms with Crippen LogP contribution in [0.1, 0.15) is 56.0 Å². The summed E-state index contributed by atoms with van der Waals surface area (Å²) in [6.07, 6.45) is 4.99. The second-order valence-corrected chi connectivity index (χ2v) is 9.17. The number of benzene rings is 2. The fourth-order valence-corrected chi connectivity index (χ4v) is 3.43. The number of carbonyl (C=O) groups excluding carboxylic acids is 3. The average molecular weight is 464 g/mol. The number of hydrogen-bond acceptors (Lipinski definition) is 4. The molecule has 0 saturated heterocycles. The zero-order valence-electron chi connectivity index (χ0n) is 20.6. The van der Waals surface area contributed by atoms with Gasteiger partial charge in [-0.3, -0.25) is 14.5 Å². The Kier molecular flexibility index (Phi) is 8.85. The molecule has 0 aliphatic heterocycles. The Hall–Kier alpha value is -3.79. The molecule has 0 fully saturated rings. The highest BCUT2D eigenvalue weighted by atomic mass is 16.6. The van der Waals surface area contributed by atoms with Gasteiger partial charge in [-0.15, -0.1) is 0 Å². The van der Waals surface area contributed by atoms with Crippen LogP contribution in [0.25, 0.3) is 0 Å². The molecule has 2 unspecified atom stereocenters. The Morgan fingerprint density at radius 2 is 1.74 bits per heavy atom. The molecule has 2 rings (SSSR count). The Labute approximate surface area is 201 Å². The van der Waals surface area contributed by atoms with E-state index in [9.17, 15) is 14.4 Å². The molecular weight excluding hydrogens is 430 g/mol. The normalized spacial score (nSPS) is 12.6. The number of alkyl carbamates (subject to hydrolysis) is 1. The average Bonchev–Trinajstić information content (AvgIpc) is 2.75. The number of nitrogens with one attached hydrogen (secondary N) is 2. The summed E-state index contributed by atoms with van der Waals surface area (Å²) in [5.74, 6) is -1.03. The Balaban J connectivity index is 2.33. The molecular formula is C27H33N3O4. The van der Waals surface area contributed by atoms with Crippen LogP contribution in [0.3, 0.4) is 0 Å². The maximum atomic E-state index is 13.4. The third-order valence-corrected chi connectivity index (χ3v) is 5.02. The summed E-state index contributed by atoms with van der Waals surface area (Å²) in [5, 5.41) is 5.38. The van der Waals surface area contributed by atoms with Gasteiger partial charge in [-0.25, -0.2) is 4.79 Å². The summed E-state index contributed by atoms with van der Waals surface area (Å²) >= 11 is 0. The van der Waals surface area contributed by atoms with E-state index in [2.05, 4.69) is 16.7 Å². The van der Waals surface area contributed by atoms with E-state index in [1.807, 2.05) is 56.3 Å². The van der Waals surface area contributed by atoms with Crippen LogP contribution >= 0.6 is 0 Å². The van der Waals surface area contributed by atoms with Crippen LogP contribution in [-0.4, -0.2) is 34.5 Å². The minimum atomic E-state index is -1.08. The van der Waals surface area contributed by atoms with E-state index < -0.39 is 35.6 Å². The maximum absolute atomic E-state index is 13.4. The molecule has 0 aliphatic rings. The Morgan fingerprint density at radius 1 is 1.09 bits per heavy atom. The zero-order chi connectivity index (χ0) is 25.5. The van der Waals surface area contributed by atoms with Crippen molar-refractivity contribution >= 4 is 17.9 Å². The largest absolute Gasteiger partial charge is 0.444 e. The molecule has 34 heavy (non-hydrogen) atoms. The second kappa shape index (κ2) is 11.4. The summed E-state index contributed by atoms with van der Waals surface area (Å²) in [4.78, 5) is 39.9. The summed E-state index contributed by atoms with van der Waals surface area (Å²) in [6.45, 7) is 10.7. The van der Waals surface area contributed by atoms with Crippen LogP contribution in [0.5, 0.6) is 0 Å². The first-order valence-electron chi connectivity index (χ1n) is 11.1. The number of hydrogen-bond donors (Lipinski definition) is 2. The Bertz CT molecular complexity index is 1070. The van der Waals surface area contributed by atoms with Crippen molar-refractivity contribution in [2.45, 2.75) is 65.8 Å². The topological polar surface area (TPSA) is 87.7 Å². The zero-order valence-corrected chi connectivity index (χ0v) is 20.6. The molecule has 0 radical (unpaired) electrons. The van der Waals surface area contributed by atoms with Gasteiger partial charge in [0.15, 0.2) is 0 Å². The molecule has 0 aliphatic carbocycles. The van der Waals surface area contributed by atoms with E-state index in [1.54, 1.807) is 26.8 Å². The number of ether oxygens (including phenoxy) is 1. The molecule has 2 atom stereocenters. The van der Waals surface area contributed by atoms with Crippen molar-refractivity contribution in [3.05, 3.63) is 70.8 Å². The first-order chi connectivity index (χ1) is 15.9. The molecule has 2 aromatic rings. The molecule has 7 heteroatoms. The number of aryl methyl sites for hydroxylation is 2. The highest BCUT2D eigenvalue weighted by molar-refractivity contribution is 5.93. The fourth-order valence-electron chi connectivity index (χ4n) is 3.43. The van der Waals surface area contributed by atoms with E-state index in [1.165, 1.54) is 6.92 Å². The standard InChI is InChI=1S/C27H33N3O4/c1-8-30(25(32)20(4)29-26(33)34-27(5,6)7)23(22-15-14-18(2)16-19(22)3)24(31)28-17-21-12-10-9-11-13-21/h1,9-16,20,23H,17H2,2-7H3,(H,28,31)(H,29,33). The van der Waals surface area contributed by atoms with Crippen LogP contribution < -0.4 is 10.6 Å². The van der Waals surface area contributed by atoms with Crippen molar-refractivity contribution in [1.82, 2.24) is 15.5 Å². The molecule has 7 nitrogen and oxygen atoms in total. The van der Waals surface area contributed by atoms with E-state index in [0.29, 0.717) is 5.56 Å². The van der Waals surface area contributed by atoms with Crippen molar-refractivity contribution in [2.24, 2.45) is 0 Å². The lowest BCUT2D eigenvalue weighted by atomic mass is 9.97. The first kappa shape index (κ1) is 26.5.